The van der Waals surface area contributed by atoms with Gasteiger partial charge < -0.3 is 14.2 Å². The molecule has 3 heterocycles. The van der Waals surface area contributed by atoms with Crippen LogP contribution in [0.1, 0.15) is 27.8 Å². The quantitative estimate of drug-likeness (QED) is 0.701. The van der Waals surface area contributed by atoms with Gasteiger partial charge in [-0.1, -0.05) is 5.16 Å². The van der Waals surface area contributed by atoms with E-state index in [-0.39, 0.29) is 18.3 Å². The summed E-state index contributed by atoms with van der Waals surface area (Å²) >= 11 is 0. The van der Waals surface area contributed by atoms with Crippen molar-refractivity contribution >= 4 is 5.91 Å². The topological polar surface area (TPSA) is 86.3 Å². The normalized spacial score (nSPS) is 17.3. The number of carbonyl (C=O) groups excluding carboxylic acids is 1. The predicted octanol–water partition coefficient (Wildman–Crippen LogP) is 2.13. The Morgan fingerprint density at radius 3 is 2.96 bits per heavy atom. The Labute approximate surface area is 154 Å². The minimum absolute atomic E-state index is 0.223. The third kappa shape index (κ3) is 3.33. The molecule has 3 aromatic rings. The molecule has 0 N–H and O–H groups in total. The van der Waals surface area contributed by atoms with Crippen molar-refractivity contribution in [3.63, 3.8) is 0 Å². The minimum Gasteiger partial charge on any atom is -0.377 e. The number of carbonyl (C=O) groups is 1. The van der Waals surface area contributed by atoms with Gasteiger partial charge >= 0.3 is 0 Å². The number of nitrogens with zero attached hydrogens (tertiary/aromatic N) is 5. The van der Waals surface area contributed by atoms with Crippen LogP contribution in [-0.4, -0.2) is 50.5 Å². The Morgan fingerprint density at radius 2 is 2.22 bits per heavy atom. The molecule has 0 radical (unpaired) electrons. The smallest absolute Gasteiger partial charge is 0.261 e. The first-order chi connectivity index (χ1) is 13.0. The van der Waals surface area contributed by atoms with Crippen LogP contribution in [0.2, 0.25) is 0 Å². The van der Waals surface area contributed by atoms with Gasteiger partial charge in [-0.15, -0.1) is 0 Å². The summed E-state index contributed by atoms with van der Waals surface area (Å²) in [6, 6.07) is 3.84. The summed E-state index contributed by atoms with van der Waals surface area (Å²) in [5, 5.41) is 8.11. The number of amides is 1. The van der Waals surface area contributed by atoms with E-state index in [9.17, 15) is 9.18 Å². The summed E-state index contributed by atoms with van der Waals surface area (Å²) < 4.78 is 26.0. The van der Waals surface area contributed by atoms with Crippen molar-refractivity contribution in [2.75, 3.05) is 19.8 Å². The predicted molar refractivity (Wildman–Crippen MR) is 92.2 cm³/mol. The molecule has 1 aromatic carbocycles. The Kier molecular flexibility index (Phi) is 4.44. The molecule has 9 heteroatoms. The van der Waals surface area contributed by atoms with Crippen molar-refractivity contribution in [1.29, 1.82) is 0 Å². The lowest BCUT2D eigenvalue weighted by Crippen LogP contribution is -2.43. The molecule has 0 spiro atoms. The molecule has 27 heavy (non-hydrogen) atoms. The number of hydrogen-bond donors (Lipinski definition) is 0. The second-order valence-corrected chi connectivity index (χ2v) is 6.41. The Morgan fingerprint density at radius 1 is 1.37 bits per heavy atom. The first-order valence-electron chi connectivity index (χ1n) is 8.50. The molecule has 1 aliphatic heterocycles. The average molecular weight is 371 g/mol. The highest BCUT2D eigenvalue weighted by molar-refractivity contribution is 5.94. The van der Waals surface area contributed by atoms with Crippen LogP contribution in [-0.2, 0) is 11.8 Å². The van der Waals surface area contributed by atoms with E-state index in [1.807, 2.05) is 0 Å². The third-order valence-electron chi connectivity index (χ3n) is 4.49. The highest BCUT2D eigenvalue weighted by atomic mass is 19.1. The number of aromatic nitrogens is 4. The van der Waals surface area contributed by atoms with Gasteiger partial charge in [0.1, 0.15) is 11.9 Å². The van der Waals surface area contributed by atoms with Gasteiger partial charge in [0.05, 0.1) is 25.0 Å². The summed E-state index contributed by atoms with van der Waals surface area (Å²) in [4.78, 5) is 19.0. The van der Waals surface area contributed by atoms with Gasteiger partial charge in [-0.25, -0.2) is 4.39 Å². The van der Waals surface area contributed by atoms with Crippen molar-refractivity contribution in [2.45, 2.75) is 13.0 Å². The Bertz CT molecular complexity index is 983. The first kappa shape index (κ1) is 17.3. The summed E-state index contributed by atoms with van der Waals surface area (Å²) in [7, 11) is 1.79. The van der Waals surface area contributed by atoms with Gasteiger partial charge in [0.2, 0.25) is 0 Å². The largest absolute Gasteiger partial charge is 0.377 e. The fourth-order valence-electron chi connectivity index (χ4n) is 3.02. The third-order valence-corrected chi connectivity index (χ3v) is 4.49. The first-order valence-corrected chi connectivity index (χ1v) is 8.50. The highest BCUT2D eigenvalue weighted by Crippen LogP contribution is 2.26. The van der Waals surface area contributed by atoms with Crippen LogP contribution in [0, 0.1) is 12.7 Å². The molecule has 0 aliphatic carbocycles. The number of aryl methyl sites for hydroxylation is 2. The van der Waals surface area contributed by atoms with E-state index in [1.54, 1.807) is 42.0 Å². The number of halogens is 1. The molecular formula is C18H18FN5O3. The van der Waals surface area contributed by atoms with Crippen LogP contribution in [0.4, 0.5) is 4.39 Å². The monoisotopic (exact) mass is 371 g/mol. The zero-order valence-electron chi connectivity index (χ0n) is 14.9. The number of hydrogen-bond acceptors (Lipinski definition) is 6. The summed E-state index contributed by atoms with van der Waals surface area (Å²) in [5.41, 5.74) is 1.53. The zero-order valence-corrected chi connectivity index (χ0v) is 14.9. The van der Waals surface area contributed by atoms with Gasteiger partial charge in [0.25, 0.3) is 11.8 Å². The maximum atomic E-state index is 13.5. The maximum Gasteiger partial charge on any atom is 0.261 e. The van der Waals surface area contributed by atoms with E-state index in [2.05, 4.69) is 15.2 Å². The number of rotatable bonds is 3. The molecule has 1 aliphatic rings. The lowest BCUT2D eigenvalue weighted by Gasteiger charge is -2.33. The second kappa shape index (κ2) is 6.92. The van der Waals surface area contributed by atoms with Gasteiger partial charge in [-0.05, 0) is 30.7 Å². The second-order valence-electron chi connectivity index (χ2n) is 6.41. The van der Waals surface area contributed by atoms with Crippen molar-refractivity contribution in [2.24, 2.45) is 7.05 Å². The fourth-order valence-corrected chi connectivity index (χ4v) is 3.02. The van der Waals surface area contributed by atoms with E-state index >= 15 is 0 Å². The van der Waals surface area contributed by atoms with E-state index in [0.29, 0.717) is 41.6 Å². The lowest BCUT2D eigenvalue weighted by molar-refractivity contribution is -0.00577. The van der Waals surface area contributed by atoms with E-state index in [4.69, 9.17) is 9.26 Å². The molecule has 1 unspecified atom stereocenters. The van der Waals surface area contributed by atoms with Crippen LogP contribution in [0.15, 0.2) is 35.1 Å². The fraction of sp³-hybridized carbons (Fsp3) is 0.333. The van der Waals surface area contributed by atoms with Gasteiger partial charge in [-0.3, -0.25) is 9.48 Å². The molecule has 1 fully saturated rings. The van der Waals surface area contributed by atoms with E-state index in [1.165, 1.54) is 12.1 Å². The molecule has 4 rings (SSSR count). The standard InChI is InChI=1S/C18H18FN5O3/c1-11-7-12(3-4-14(11)19)18(25)24-5-6-26-10-15(24)16-21-17(27-22-16)13-8-20-23(2)9-13/h3-4,7-9,15H,5-6,10H2,1-2H3. The molecule has 8 nitrogen and oxygen atoms in total. The molecule has 1 saturated heterocycles. The van der Waals surface area contributed by atoms with Crippen molar-refractivity contribution < 1.29 is 18.4 Å². The average Bonchev–Trinajstić information content (AvgIpc) is 3.32. The summed E-state index contributed by atoms with van der Waals surface area (Å²) in [6.07, 6.45) is 3.39. The number of ether oxygens (including phenoxy) is 1. The zero-order chi connectivity index (χ0) is 19.0. The van der Waals surface area contributed by atoms with Crippen LogP contribution < -0.4 is 0 Å². The van der Waals surface area contributed by atoms with Gasteiger partial charge in [0.15, 0.2) is 5.82 Å². The molecule has 1 atom stereocenters. The van der Waals surface area contributed by atoms with Gasteiger partial charge in [-0.2, -0.15) is 10.1 Å². The van der Waals surface area contributed by atoms with Crippen molar-refractivity contribution in [3.8, 4) is 11.5 Å². The van der Waals surface area contributed by atoms with Crippen LogP contribution >= 0.6 is 0 Å². The van der Waals surface area contributed by atoms with Crippen molar-refractivity contribution in [1.82, 2.24) is 24.8 Å². The van der Waals surface area contributed by atoms with Crippen LogP contribution in [0.25, 0.3) is 11.5 Å². The molecule has 0 bridgehead atoms. The van der Waals surface area contributed by atoms with Crippen LogP contribution in [0.5, 0.6) is 0 Å². The van der Waals surface area contributed by atoms with Crippen LogP contribution in [0.3, 0.4) is 0 Å². The minimum atomic E-state index is -0.481. The molecule has 140 valence electrons. The number of benzene rings is 1. The van der Waals surface area contributed by atoms with E-state index < -0.39 is 6.04 Å². The lowest BCUT2D eigenvalue weighted by atomic mass is 10.1. The SMILES string of the molecule is Cc1cc(C(=O)N2CCOCC2c2noc(-c3cnn(C)c3)n2)ccc1F. The highest BCUT2D eigenvalue weighted by Gasteiger charge is 2.33. The summed E-state index contributed by atoms with van der Waals surface area (Å²) in [6.45, 7) is 2.69. The van der Waals surface area contributed by atoms with E-state index in [0.717, 1.165) is 0 Å². The molecule has 1 amide bonds. The molecular weight excluding hydrogens is 353 g/mol. The Balaban J connectivity index is 1.62. The Hall–Kier alpha value is -3.07. The molecule has 2 aromatic heterocycles. The van der Waals surface area contributed by atoms with Gasteiger partial charge in [0, 0.05) is 25.4 Å². The van der Waals surface area contributed by atoms with Crippen molar-refractivity contribution in [3.05, 3.63) is 53.4 Å². The molecule has 0 saturated carbocycles. The summed E-state index contributed by atoms with van der Waals surface area (Å²) in [5.74, 6) is 0.123. The maximum absolute atomic E-state index is 13.5. The number of morpholine rings is 1.